The zero-order valence-electron chi connectivity index (χ0n) is 11.9. The van der Waals surface area contributed by atoms with E-state index in [2.05, 4.69) is 4.98 Å². The second kappa shape index (κ2) is 5.41. The number of aryl methyl sites for hydroxylation is 1. The van der Waals surface area contributed by atoms with E-state index < -0.39 is 0 Å². The Labute approximate surface area is 127 Å². The highest BCUT2D eigenvalue weighted by atomic mass is 32.1. The van der Waals surface area contributed by atoms with Crippen LogP contribution < -0.4 is 4.90 Å². The Morgan fingerprint density at radius 2 is 1.90 bits per heavy atom. The first-order valence-corrected chi connectivity index (χ1v) is 7.78. The first-order valence-electron chi connectivity index (χ1n) is 6.91. The van der Waals surface area contributed by atoms with Gasteiger partial charge >= 0.3 is 0 Å². The van der Waals surface area contributed by atoms with Crippen molar-refractivity contribution in [2.75, 3.05) is 4.90 Å². The van der Waals surface area contributed by atoms with E-state index in [9.17, 15) is 9.59 Å². The van der Waals surface area contributed by atoms with Crippen molar-refractivity contribution < 1.29 is 9.59 Å². The standard InChI is InChI=1S/C16H16N2O2S/c1-10-3-5-12(6-4-10)9-13-11(2)14(19)18(15(13)20)16-17-7-8-21-16/h3-8,11,13H,9H2,1-2H3. The molecule has 4 nitrogen and oxygen atoms in total. The van der Waals surface area contributed by atoms with Gasteiger partial charge in [0.1, 0.15) is 0 Å². The van der Waals surface area contributed by atoms with Gasteiger partial charge in [0.25, 0.3) is 0 Å². The molecule has 1 aromatic carbocycles. The summed E-state index contributed by atoms with van der Waals surface area (Å²) in [5.41, 5.74) is 2.27. The number of benzene rings is 1. The number of nitrogens with zero attached hydrogens (tertiary/aromatic N) is 2. The Bertz CT molecular complexity index is 664. The second-order valence-corrected chi connectivity index (χ2v) is 6.28. The van der Waals surface area contributed by atoms with Crippen LogP contribution in [0.4, 0.5) is 5.13 Å². The molecule has 1 aliphatic rings. The van der Waals surface area contributed by atoms with E-state index in [1.807, 2.05) is 38.1 Å². The quantitative estimate of drug-likeness (QED) is 0.819. The summed E-state index contributed by atoms with van der Waals surface area (Å²) in [7, 11) is 0. The van der Waals surface area contributed by atoms with E-state index in [-0.39, 0.29) is 23.7 Å². The van der Waals surface area contributed by atoms with Crippen LogP contribution in [0.2, 0.25) is 0 Å². The van der Waals surface area contributed by atoms with Crippen LogP contribution in [-0.4, -0.2) is 16.8 Å². The van der Waals surface area contributed by atoms with E-state index in [0.29, 0.717) is 11.6 Å². The van der Waals surface area contributed by atoms with E-state index in [1.54, 1.807) is 11.6 Å². The highest BCUT2D eigenvalue weighted by molar-refractivity contribution is 7.14. The summed E-state index contributed by atoms with van der Waals surface area (Å²) in [6.45, 7) is 3.85. The molecule has 2 amide bonds. The SMILES string of the molecule is Cc1ccc(CC2C(=O)N(c3nccs3)C(=O)C2C)cc1. The maximum absolute atomic E-state index is 12.6. The third-order valence-corrected chi connectivity index (χ3v) is 4.69. The van der Waals surface area contributed by atoms with Crippen molar-refractivity contribution >= 4 is 28.3 Å². The fourth-order valence-electron chi connectivity index (χ4n) is 2.62. The summed E-state index contributed by atoms with van der Waals surface area (Å²) in [4.78, 5) is 30.2. The molecule has 0 bridgehead atoms. The first-order chi connectivity index (χ1) is 10.1. The molecular weight excluding hydrogens is 284 g/mol. The van der Waals surface area contributed by atoms with E-state index in [0.717, 1.165) is 5.56 Å². The molecule has 1 fully saturated rings. The number of carbonyl (C=O) groups excluding carboxylic acids is 2. The van der Waals surface area contributed by atoms with Crippen molar-refractivity contribution in [2.24, 2.45) is 11.8 Å². The van der Waals surface area contributed by atoms with E-state index in [4.69, 9.17) is 0 Å². The number of hydrogen-bond acceptors (Lipinski definition) is 4. The lowest BCUT2D eigenvalue weighted by Gasteiger charge is -2.12. The molecule has 2 aromatic rings. The number of anilines is 1. The lowest BCUT2D eigenvalue weighted by molar-refractivity contribution is -0.122. The largest absolute Gasteiger partial charge is 0.274 e. The minimum atomic E-state index is -0.303. The third-order valence-electron chi connectivity index (χ3n) is 3.94. The topological polar surface area (TPSA) is 50.3 Å². The zero-order valence-corrected chi connectivity index (χ0v) is 12.8. The van der Waals surface area contributed by atoms with Gasteiger partial charge < -0.3 is 0 Å². The summed E-state index contributed by atoms with van der Waals surface area (Å²) < 4.78 is 0. The van der Waals surface area contributed by atoms with Gasteiger partial charge in [-0.25, -0.2) is 9.88 Å². The lowest BCUT2D eigenvalue weighted by Crippen LogP contribution is -2.30. The number of carbonyl (C=O) groups is 2. The Kier molecular flexibility index (Phi) is 3.59. The molecule has 0 saturated carbocycles. The zero-order chi connectivity index (χ0) is 15.0. The molecule has 1 saturated heterocycles. The Morgan fingerprint density at radius 3 is 2.52 bits per heavy atom. The number of rotatable bonds is 3. The fraction of sp³-hybridized carbons (Fsp3) is 0.312. The summed E-state index contributed by atoms with van der Waals surface area (Å²) in [5, 5.41) is 2.25. The lowest BCUT2D eigenvalue weighted by atomic mass is 9.90. The molecule has 1 aromatic heterocycles. The molecule has 2 unspecified atom stereocenters. The van der Waals surface area contributed by atoms with E-state index in [1.165, 1.54) is 21.8 Å². The predicted octanol–water partition coefficient (Wildman–Crippen LogP) is 2.82. The third kappa shape index (κ3) is 2.49. The molecular formula is C16H16N2O2S. The van der Waals surface area contributed by atoms with Gasteiger partial charge in [-0.05, 0) is 18.9 Å². The molecule has 0 spiro atoms. The Morgan fingerprint density at radius 1 is 1.19 bits per heavy atom. The normalized spacial score (nSPS) is 22.1. The van der Waals surface area contributed by atoms with Crippen molar-refractivity contribution in [3.8, 4) is 0 Å². The van der Waals surface area contributed by atoms with Crippen molar-refractivity contribution in [3.05, 3.63) is 47.0 Å². The number of thiazole rings is 1. The highest BCUT2D eigenvalue weighted by Crippen LogP contribution is 2.33. The van der Waals surface area contributed by atoms with Crippen molar-refractivity contribution in [2.45, 2.75) is 20.3 Å². The fourth-order valence-corrected chi connectivity index (χ4v) is 3.27. The van der Waals surface area contributed by atoms with Gasteiger partial charge in [-0.15, -0.1) is 11.3 Å². The van der Waals surface area contributed by atoms with Crippen molar-refractivity contribution in [1.82, 2.24) is 4.98 Å². The molecule has 5 heteroatoms. The molecule has 2 heterocycles. The minimum Gasteiger partial charge on any atom is -0.274 e. The van der Waals surface area contributed by atoms with Crippen LogP contribution >= 0.6 is 11.3 Å². The molecule has 2 atom stereocenters. The average molecular weight is 300 g/mol. The number of aromatic nitrogens is 1. The summed E-state index contributed by atoms with van der Waals surface area (Å²) in [6.07, 6.45) is 2.20. The van der Waals surface area contributed by atoms with Gasteiger partial charge in [-0.1, -0.05) is 36.8 Å². The van der Waals surface area contributed by atoms with Gasteiger partial charge in [-0.3, -0.25) is 9.59 Å². The Balaban J connectivity index is 1.85. The molecule has 3 rings (SSSR count). The Hall–Kier alpha value is -2.01. The first kappa shape index (κ1) is 13.9. The molecule has 108 valence electrons. The van der Waals surface area contributed by atoms with Crippen molar-refractivity contribution in [1.29, 1.82) is 0 Å². The predicted molar refractivity (Wildman–Crippen MR) is 82.1 cm³/mol. The molecule has 0 N–H and O–H groups in total. The van der Waals surface area contributed by atoms with Crippen LogP contribution in [0.5, 0.6) is 0 Å². The summed E-state index contributed by atoms with van der Waals surface area (Å²) >= 11 is 1.31. The summed E-state index contributed by atoms with van der Waals surface area (Å²) in [5.74, 6) is -0.887. The van der Waals surface area contributed by atoms with Gasteiger partial charge in [-0.2, -0.15) is 0 Å². The molecule has 21 heavy (non-hydrogen) atoms. The highest BCUT2D eigenvalue weighted by Gasteiger charge is 2.46. The maximum atomic E-state index is 12.6. The molecule has 0 radical (unpaired) electrons. The number of amides is 2. The molecule has 0 aliphatic carbocycles. The van der Waals surface area contributed by atoms with Gasteiger partial charge in [0.2, 0.25) is 11.8 Å². The van der Waals surface area contributed by atoms with Crippen molar-refractivity contribution in [3.63, 3.8) is 0 Å². The van der Waals surface area contributed by atoms with Crippen LogP contribution in [0.25, 0.3) is 0 Å². The van der Waals surface area contributed by atoms with Crippen LogP contribution in [-0.2, 0) is 16.0 Å². The number of imide groups is 1. The van der Waals surface area contributed by atoms with Crippen LogP contribution in [0.15, 0.2) is 35.8 Å². The van der Waals surface area contributed by atoms with E-state index >= 15 is 0 Å². The second-order valence-electron chi connectivity index (χ2n) is 5.41. The number of hydrogen-bond donors (Lipinski definition) is 0. The smallest absolute Gasteiger partial charge is 0.239 e. The van der Waals surface area contributed by atoms with Crippen LogP contribution in [0.1, 0.15) is 18.1 Å². The molecule has 1 aliphatic heterocycles. The summed E-state index contributed by atoms with van der Waals surface area (Å²) in [6, 6.07) is 8.09. The van der Waals surface area contributed by atoms with Gasteiger partial charge in [0, 0.05) is 17.5 Å². The average Bonchev–Trinajstić information content (AvgIpc) is 3.05. The van der Waals surface area contributed by atoms with Gasteiger partial charge in [0.05, 0.1) is 5.92 Å². The minimum absolute atomic E-state index is 0.136. The van der Waals surface area contributed by atoms with Crippen LogP contribution in [0.3, 0.4) is 0 Å². The van der Waals surface area contributed by atoms with Gasteiger partial charge in [0.15, 0.2) is 5.13 Å². The van der Waals surface area contributed by atoms with Crippen LogP contribution in [0, 0.1) is 18.8 Å². The monoisotopic (exact) mass is 300 g/mol. The maximum Gasteiger partial charge on any atom is 0.239 e.